The minimum absolute atomic E-state index is 0.349. The van der Waals surface area contributed by atoms with Crippen LogP contribution in [0.4, 0.5) is 0 Å². The molecule has 0 atom stereocenters. The van der Waals surface area contributed by atoms with Gasteiger partial charge in [0.05, 0.1) is 17.9 Å². The first kappa shape index (κ1) is 18.8. The van der Waals surface area contributed by atoms with E-state index in [1.165, 1.54) is 9.87 Å². The molecule has 2 aliphatic heterocycles. The highest BCUT2D eigenvalue weighted by molar-refractivity contribution is 7.86. The Morgan fingerprint density at radius 2 is 1.92 bits per heavy atom. The zero-order valence-electron chi connectivity index (χ0n) is 15.6. The summed E-state index contributed by atoms with van der Waals surface area (Å²) in [7, 11) is -0.222. The summed E-state index contributed by atoms with van der Waals surface area (Å²) in [6.45, 7) is 8.11. The van der Waals surface area contributed by atoms with Crippen LogP contribution in [0.3, 0.4) is 0 Å². The Bertz CT molecular complexity index is 688. The second-order valence-electron chi connectivity index (χ2n) is 7.34. The lowest BCUT2D eigenvalue weighted by Gasteiger charge is -2.47. The van der Waals surface area contributed by atoms with E-state index in [4.69, 9.17) is 4.74 Å². The maximum atomic E-state index is 12.4. The van der Waals surface area contributed by atoms with Gasteiger partial charge in [-0.1, -0.05) is 0 Å². The van der Waals surface area contributed by atoms with Crippen molar-refractivity contribution in [1.29, 1.82) is 0 Å². The molecule has 2 aliphatic rings. The van der Waals surface area contributed by atoms with E-state index in [0.29, 0.717) is 19.7 Å². The van der Waals surface area contributed by atoms with Crippen LogP contribution in [0, 0.1) is 13.8 Å². The number of H-pyrrole nitrogens is 1. The molecule has 25 heavy (non-hydrogen) atoms. The van der Waals surface area contributed by atoms with E-state index in [1.54, 1.807) is 18.4 Å². The number of rotatable bonds is 4. The normalized spacial score (nSPS) is 22.8. The number of aromatic nitrogens is 2. The van der Waals surface area contributed by atoms with Crippen LogP contribution >= 0.6 is 0 Å². The van der Waals surface area contributed by atoms with Crippen molar-refractivity contribution >= 4 is 10.2 Å². The van der Waals surface area contributed by atoms with E-state index in [0.717, 1.165) is 43.9 Å². The Balaban J connectivity index is 1.63. The van der Waals surface area contributed by atoms with Gasteiger partial charge in [0.2, 0.25) is 0 Å². The van der Waals surface area contributed by atoms with E-state index in [1.807, 2.05) is 6.92 Å². The number of aromatic amines is 1. The van der Waals surface area contributed by atoms with Gasteiger partial charge < -0.3 is 4.74 Å². The molecule has 142 valence electrons. The Labute approximate surface area is 150 Å². The van der Waals surface area contributed by atoms with Crippen molar-refractivity contribution in [2.45, 2.75) is 38.8 Å². The summed E-state index contributed by atoms with van der Waals surface area (Å²) >= 11 is 0. The average molecular weight is 372 g/mol. The molecule has 3 heterocycles. The minimum atomic E-state index is -3.38. The van der Waals surface area contributed by atoms with Crippen molar-refractivity contribution in [3.05, 3.63) is 17.0 Å². The molecule has 0 saturated carbocycles. The molecule has 0 aliphatic carbocycles. The predicted molar refractivity (Wildman–Crippen MR) is 95.4 cm³/mol. The first-order valence-electron chi connectivity index (χ1n) is 8.78. The highest BCUT2D eigenvalue weighted by Gasteiger charge is 2.43. The number of nitrogens with zero attached hydrogens (tertiary/aromatic N) is 4. The number of morpholine rings is 1. The molecule has 3 rings (SSSR count). The fraction of sp³-hybridized carbons (Fsp3) is 0.812. The van der Waals surface area contributed by atoms with Crippen molar-refractivity contribution in [1.82, 2.24) is 23.7 Å². The quantitative estimate of drug-likeness (QED) is 0.833. The number of ether oxygens (including phenoxy) is 1. The SMILES string of the molecule is Cc1n[nH]c(C)c1CN1CCC2(CC1)CN(S(=O)(=O)N(C)C)CCO2. The lowest BCUT2D eigenvalue weighted by Crippen LogP contribution is -2.59. The van der Waals surface area contributed by atoms with Gasteiger partial charge in [-0.2, -0.15) is 22.1 Å². The number of hydrogen-bond acceptors (Lipinski definition) is 5. The maximum absolute atomic E-state index is 12.4. The van der Waals surface area contributed by atoms with E-state index in [2.05, 4.69) is 22.0 Å². The van der Waals surface area contributed by atoms with Gasteiger partial charge in [-0.25, -0.2) is 0 Å². The lowest BCUT2D eigenvalue weighted by molar-refractivity contribution is -0.120. The molecule has 0 radical (unpaired) electrons. The minimum Gasteiger partial charge on any atom is -0.372 e. The molecule has 9 heteroatoms. The summed E-state index contributed by atoms with van der Waals surface area (Å²) in [4.78, 5) is 2.40. The first-order chi connectivity index (χ1) is 11.7. The molecular formula is C16H29N5O3S. The number of nitrogens with one attached hydrogen (secondary N) is 1. The maximum Gasteiger partial charge on any atom is 0.281 e. The van der Waals surface area contributed by atoms with Crippen molar-refractivity contribution < 1.29 is 13.2 Å². The van der Waals surface area contributed by atoms with Gasteiger partial charge in [0.1, 0.15) is 0 Å². The third-order valence-corrected chi connectivity index (χ3v) is 7.32. The standard InChI is InChI=1S/C16H29N5O3S/c1-13-15(14(2)18-17-13)11-20-7-5-16(6-8-20)12-21(9-10-24-16)25(22,23)19(3)4/h5-12H2,1-4H3,(H,17,18). The number of aryl methyl sites for hydroxylation is 2. The highest BCUT2D eigenvalue weighted by Crippen LogP contribution is 2.32. The van der Waals surface area contributed by atoms with Crippen LogP contribution in [0.2, 0.25) is 0 Å². The number of piperidine rings is 1. The molecule has 8 nitrogen and oxygen atoms in total. The second kappa shape index (κ2) is 6.96. The van der Waals surface area contributed by atoms with Gasteiger partial charge in [0.25, 0.3) is 10.2 Å². The molecule has 1 aromatic heterocycles. The van der Waals surface area contributed by atoms with Crippen LogP contribution < -0.4 is 0 Å². The molecule has 0 unspecified atom stereocenters. The molecule has 1 N–H and O–H groups in total. The lowest BCUT2D eigenvalue weighted by atomic mass is 9.89. The molecule has 2 fully saturated rings. The fourth-order valence-electron chi connectivity index (χ4n) is 3.69. The molecule has 0 bridgehead atoms. The Hall–Kier alpha value is -1.00. The third kappa shape index (κ3) is 3.75. The van der Waals surface area contributed by atoms with Gasteiger partial charge >= 0.3 is 0 Å². The smallest absolute Gasteiger partial charge is 0.281 e. The van der Waals surface area contributed by atoms with Gasteiger partial charge in [-0.05, 0) is 26.7 Å². The van der Waals surface area contributed by atoms with Crippen molar-refractivity contribution in [2.75, 3.05) is 46.9 Å². The molecule has 0 aromatic carbocycles. The Morgan fingerprint density at radius 1 is 1.24 bits per heavy atom. The third-order valence-electron chi connectivity index (χ3n) is 5.43. The summed E-state index contributed by atoms with van der Waals surface area (Å²) < 4.78 is 33.8. The molecular weight excluding hydrogens is 342 g/mol. The van der Waals surface area contributed by atoms with E-state index < -0.39 is 10.2 Å². The van der Waals surface area contributed by atoms with Crippen molar-refractivity contribution in [2.24, 2.45) is 0 Å². The van der Waals surface area contributed by atoms with Gasteiger partial charge in [-0.15, -0.1) is 0 Å². The monoisotopic (exact) mass is 371 g/mol. The number of likely N-dealkylation sites (tertiary alicyclic amines) is 1. The van der Waals surface area contributed by atoms with Crippen LogP contribution in [-0.4, -0.2) is 84.6 Å². The zero-order chi connectivity index (χ0) is 18.2. The molecule has 1 spiro atoms. The predicted octanol–water partition coefficient (Wildman–Crippen LogP) is 0.500. The van der Waals surface area contributed by atoms with E-state index in [-0.39, 0.29) is 5.60 Å². The van der Waals surface area contributed by atoms with E-state index in [9.17, 15) is 8.42 Å². The molecule has 2 saturated heterocycles. The van der Waals surface area contributed by atoms with Crippen LogP contribution in [-0.2, 0) is 21.5 Å². The van der Waals surface area contributed by atoms with E-state index >= 15 is 0 Å². The topological polar surface area (TPSA) is 81.8 Å². The van der Waals surface area contributed by atoms with Gasteiger partial charge in [-0.3, -0.25) is 10.00 Å². The van der Waals surface area contributed by atoms with Crippen molar-refractivity contribution in [3.63, 3.8) is 0 Å². The summed E-state index contributed by atoms with van der Waals surface area (Å²) in [6, 6.07) is 0. The number of hydrogen-bond donors (Lipinski definition) is 1. The highest BCUT2D eigenvalue weighted by atomic mass is 32.2. The van der Waals surface area contributed by atoms with Crippen LogP contribution in [0.1, 0.15) is 29.8 Å². The van der Waals surface area contributed by atoms with Gasteiger partial charge in [0.15, 0.2) is 0 Å². The fourth-order valence-corrected chi connectivity index (χ4v) is 4.86. The molecule has 0 amide bonds. The molecule has 1 aromatic rings. The average Bonchev–Trinajstić information content (AvgIpc) is 2.89. The Morgan fingerprint density at radius 3 is 2.48 bits per heavy atom. The van der Waals surface area contributed by atoms with Crippen LogP contribution in [0.25, 0.3) is 0 Å². The largest absolute Gasteiger partial charge is 0.372 e. The van der Waals surface area contributed by atoms with Gasteiger partial charge in [0, 0.05) is 58.1 Å². The summed E-state index contributed by atoms with van der Waals surface area (Å²) in [6.07, 6.45) is 1.70. The zero-order valence-corrected chi connectivity index (χ0v) is 16.4. The van der Waals surface area contributed by atoms with Crippen LogP contribution in [0.5, 0.6) is 0 Å². The summed E-state index contributed by atoms with van der Waals surface area (Å²) in [5.41, 5.74) is 3.08. The first-order valence-corrected chi connectivity index (χ1v) is 10.2. The summed E-state index contributed by atoms with van der Waals surface area (Å²) in [5, 5.41) is 7.30. The second-order valence-corrected chi connectivity index (χ2v) is 9.49. The Kier molecular flexibility index (Phi) is 5.23. The summed E-state index contributed by atoms with van der Waals surface area (Å²) in [5.74, 6) is 0. The van der Waals surface area contributed by atoms with Crippen LogP contribution in [0.15, 0.2) is 0 Å². The van der Waals surface area contributed by atoms with Crippen molar-refractivity contribution in [3.8, 4) is 0 Å².